The van der Waals surface area contributed by atoms with Crippen LogP contribution in [0.4, 0.5) is 0 Å². The van der Waals surface area contributed by atoms with Crippen molar-refractivity contribution in [2.45, 2.75) is 39.7 Å². The molecule has 0 spiro atoms. The monoisotopic (exact) mass is 270 g/mol. The van der Waals surface area contributed by atoms with Gasteiger partial charge in [-0.25, -0.2) is 8.42 Å². The smallest absolute Gasteiger partial charge is 0.150 e. The van der Waals surface area contributed by atoms with Gasteiger partial charge in [0.2, 0.25) is 0 Å². The molecule has 0 amide bonds. The molecule has 0 saturated carbocycles. The van der Waals surface area contributed by atoms with E-state index in [-0.39, 0.29) is 11.5 Å². The lowest BCUT2D eigenvalue weighted by Gasteiger charge is -2.14. The van der Waals surface area contributed by atoms with Crippen LogP contribution >= 0.6 is 0 Å². The average Bonchev–Trinajstić information content (AvgIpc) is 2.32. The average molecular weight is 270 g/mol. The third kappa shape index (κ3) is 4.42. The van der Waals surface area contributed by atoms with Crippen LogP contribution in [-0.2, 0) is 9.84 Å². The Labute approximate surface area is 110 Å². The van der Waals surface area contributed by atoms with Crippen LogP contribution in [0.2, 0.25) is 0 Å². The molecule has 1 rings (SSSR count). The number of hydrogen-bond acceptors (Lipinski definition) is 3. The maximum absolute atomic E-state index is 11.4. The fourth-order valence-electron chi connectivity index (χ4n) is 1.92. The summed E-state index contributed by atoms with van der Waals surface area (Å²) in [6.45, 7) is 5.59. The van der Waals surface area contributed by atoms with Crippen molar-refractivity contribution in [2.24, 2.45) is 0 Å². The molecule has 3 nitrogen and oxygen atoms in total. The van der Waals surface area contributed by atoms with E-state index in [0.717, 1.165) is 16.7 Å². The first kappa shape index (κ1) is 15.2. The lowest BCUT2D eigenvalue weighted by Crippen LogP contribution is -2.10. The predicted molar refractivity (Wildman–Crippen MR) is 74.4 cm³/mol. The van der Waals surface area contributed by atoms with Gasteiger partial charge in [0, 0.05) is 5.75 Å². The van der Waals surface area contributed by atoms with Crippen LogP contribution in [0.5, 0.6) is 0 Å². The minimum absolute atomic E-state index is 0.158. The number of aliphatic hydroxyl groups excluding tert-OH is 1. The summed E-state index contributed by atoms with van der Waals surface area (Å²) in [5, 5.41) is 10.1. The first-order chi connectivity index (χ1) is 8.35. The van der Waals surface area contributed by atoms with E-state index in [1.807, 2.05) is 32.0 Å². The van der Waals surface area contributed by atoms with Crippen molar-refractivity contribution in [1.29, 1.82) is 0 Å². The summed E-state index contributed by atoms with van der Waals surface area (Å²) in [6.07, 6.45) is 0.422. The van der Waals surface area contributed by atoms with Gasteiger partial charge in [-0.2, -0.15) is 0 Å². The lowest BCUT2D eigenvalue weighted by molar-refractivity contribution is 0.166. The highest BCUT2D eigenvalue weighted by molar-refractivity contribution is 7.91. The molecule has 102 valence electrons. The maximum Gasteiger partial charge on any atom is 0.150 e. The van der Waals surface area contributed by atoms with Crippen molar-refractivity contribution in [3.8, 4) is 0 Å². The van der Waals surface area contributed by atoms with E-state index in [1.54, 1.807) is 6.92 Å². The molecule has 0 aromatic heterocycles. The van der Waals surface area contributed by atoms with E-state index in [2.05, 4.69) is 0 Å². The Kier molecular flexibility index (Phi) is 5.35. The molecule has 4 heteroatoms. The van der Waals surface area contributed by atoms with Crippen molar-refractivity contribution in [3.63, 3.8) is 0 Å². The summed E-state index contributed by atoms with van der Waals surface area (Å²) in [5.74, 6) is 0.331. The van der Waals surface area contributed by atoms with Gasteiger partial charge in [0.1, 0.15) is 9.84 Å². The minimum atomic E-state index is -2.93. The number of aryl methyl sites for hydroxylation is 2. The van der Waals surface area contributed by atoms with Crippen LogP contribution in [0, 0.1) is 13.8 Å². The van der Waals surface area contributed by atoms with E-state index >= 15 is 0 Å². The van der Waals surface area contributed by atoms with Crippen molar-refractivity contribution < 1.29 is 13.5 Å². The van der Waals surface area contributed by atoms with E-state index in [1.165, 1.54) is 0 Å². The summed E-state index contributed by atoms with van der Waals surface area (Å²) in [6, 6.07) is 5.96. The van der Waals surface area contributed by atoms with E-state index in [0.29, 0.717) is 12.8 Å². The SMILES string of the molecule is CCS(=O)(=O)CCCC(O)c1cc(C)ccc1C. The zero-order chi connectivity index (χ0) is 13.8. The summed E-state index contributed by atoms with van der Waals surface area (Å²) in [5.41, 5.74) is 3.06. The Balaban J connectivity index is 2.61. The van der Waals surface area contributed by atoms with Gasteiger partial charge in [-0.15, -0.1) is 0 Å². The van der Waals surface area contributed by atoms with Gasteiger partial charge in [0.05, 0.1) is 11.9 Å². The number of benzene rings is 1. The third-order valence-corrected chi connectivity index (χ3v) is 4.96. The van der Waals surface area contributed by atoms with Gasteiger partial charge in [-0.1, -0.05) is 30.7 Å². The molecule has 1 aromatic carbocycles. The van der Waals surface area contributed by atoms with Gasteiger partial charge in [-0.3, -0.25) is 0 Å². The Morgan fingerprint density at radius 3 is 2.56 bits per heavy atom. The molecule has 0 bridgehead atoms. The molecule has 0 aliphatic rings. The highest BCUT2D eigenvalue weighted by atomic mass is 32.2. The molecular formula is C14H22O3S. The second kappa shape index (κ2) is 6.34. The highest BCUT2D eigenvalue weighted by Crippen LogP contribution is 2.23. The Morgan fingerprint density at radius 1 is 1.28 bits per heavy atom. The highest BCUT2D eigenvalue weighted by Gasteiger charge is 2.13. The first-order valence-corrected chi connectivity index (χ1v) is 8.13. The molecule has 1 atom stereocenters. The van der Waals surface area contributed by atoms with Gasteiger partial charge in [0.25, 0.3) is 0 Å². The Morgan fingerprint density at radius 2 is 1.94 bits per heavy atom. The summed E-state index contributed by atoms with van der Waals surface area (Å²) < 4.78 is 22.7. The minimum Gasteiger partial charge on any atom is -0.388 e. The largest absolute Gasteiger partial charge is 0.388 e. The van der Waals surface area contributed by atoms with Crippen LogP contribution in [0.25, 0.3) is 0 Å². The molecule has 1 N–H and O–H groups in total. The fourth-order valence-corrected chi connectivity index (χ4v) is 2.81. The van der Waals surface area contributed by atoms with E-state index in [4.69, 9.17) is 0 Å². The molecule has 0 heterocycles. The number of hydrogen-bond donors (Lipinski definition) is 1. The molecule has 1 unspecified atom stereocenters. The number of rotatable bonds is 6. The van der Waals surface area contributed by atoms with Crippen LogP contribution in [0.1, 0.15) is 42.6 Å². The number of aliphatic hydroxyl groups is 1. The molecule has 0 fully saturated rings. The van der Waals surface area contributed by atoms with E-state index in [9.17, 15) is 13.5 Å². The van der Waals surface area contributed by atoms with Crippen LogP contribution in [0.15, 0.2) is 18.2 Å². The second-order valence-corrected chi connectivity index (χ2v) is 7.23. The fraction of sp³-hybridized carbons (Fsp3) is 0.571. The van der Waals surface area contributed by atoms with E-state index < -0.39 is 15.9 Å². The predicted octanol–water partition coefficient (Wildman–Crippen LogP) is 2.55. The number of sulfone groups is 1. The van der Waals surface area contributed by atoms with Crippen LogP contribution in [0.3, 0.4) is 0 Å². The molecule has 0 radical (unpaired) electrons. The zero-order valence-electron chi connectivity index (χ0n) is 11.3. The lowest BCUT2D eigenvalue weighted by atomic mass is 9.98. The maximum atomic E-state index is 11.4. The van der Waals surface area contributed by atoms with Crippen molar-refractivity contribution in [1.82, 2.24) is 0 Å². The summed E-state index contributed by atoms with van der Waals surface area (Å²) in [4.78, 5) is 0. The summed E-state index contributed by atoms with van der Waals surface area (Å²) in [7, 11) is -2.93. The van der Waals surface area contributed by atoms with Gasteiger partial charge < -0.3 is 5.11 Å². The molecule has 0 aliphatic carbocycles. The van der Waals surface area contributed by atoms with Crippen LogP contribution in [-0.4, -0.2) is 25.0 Å². The van der Waals surface area contributed by atoms with Crippen molar-refractivity contribution in [3.05, 3.63) is 34.9 Å². The zero-order valence-corrected chi connectivity index (χ0v) is 12.1. The van der Waals surface area contributed by atoms with Crippen LogP contribution < -0.4 is 0 Å². The summed E-state index contributed by atoms with van der Waals surface area (Å²) >= 11 is 0. The van der Waals surface area contributed by atoms with Gasteiger partial charge in [-0.05, 0) is 37.8 Å². The van der Waals surface area contributed by atoms with Gasteiger partial charge >= 0.3 is 0 Å². The molecule has 0 aliphatic heterocycles. The van der Waals surface area contributed by atoms with Crippen molar-refractivity contribution >= 4 is 9.84 Å². The van der Waals surface area contributed by atoms with Gasteiger partial charge in [0.15, 0.2) is 0 Å². The normalized spacial score (nSPS) is 13.6. The molecule has 1 aromatic rings. The Bertz CT molecular complexity index is 492. The molecular weight excluding hydrogens is 248 g/mol. The Hall–Kier alpha value is -0.870. The quantitative estimate of drug-likeness (QED) is 0.864. The molecule has 0 saturated heterocycles. The molecule has 18 heavy (non-hydrogen) atoms. The second-order valence-electron chi connectivity index (χ2n) is 4.75. The third-order valence-electron chi connectivity index (χ3n) is 3.17. The van der Waals surface area contributed by atoms with Crippen molar-refractivity contribution in [2.75, 3.05) is 11.5 Å². The topological polar surface area (TPSA) is 54.4 Å². The first-order valence-electron chi connectivity index (χ1n) is 6.31. The standard InChI is InChI=1S/C14H22O3S/c1-4-18(16,17)9-5-6-14(15)13-10-11(2)7-8-12(13)3/h7-8,10,14-15H,4-6,9H2,1-3H3.